The topological polar surface area (TPSA) is 85.1 Å². The lowest BCUT2D eigenvalue weighted by molar-refractivity contribution is 0.602. The average Bonchev–Trinajstić information content (AvgIpc) is 2.06. The molecule has 0 aliphatic heterocycles. The summed E-state index contributed by atoms with van der Waals surface area (Å²) in [4.78, 5) is 3.87. The van der Waals surface area contributed by atoms with Crippen LogP contribution in [-0.4, -0.2) is 32.0 Å². The Balaban J connectivity index is 2.51. The normalized spacial score (nSPS) is 11.2. The van der Waals surface area contributed by atoms with E-state index in [4.69, 9.17) is 5.73 Å². The van der Waals surface area contributed by atoms with Crippen LogP contribution in [-0.2, 0) is 9.84 Å². The van der Waals surface area contributed by atoms with Gasteiger partial charge in [0.15, 0.2) is 0 Å². The second-order valence-electron chi connectivity index (χ2n) is 3.02. The van der Waals surface area contributed by atoms with E-state index in [1.807, 2.05) is 0 Å². The van der Waals surface area contributed by atoms with Crippen molar-refractivity contribution in [2.45, 2.75) is 0 Å². The number of anilines is 2. The van der Waals surface area contributed by atoms with Gasteiger partial charge in [0, 0.05) is 19.0 Å². The van der Waals surface area contributed by atoms with Crippen LogP contribution in [0.2, 0.25) is 0 Å². The Morgan fingerprint density at radius 1 is 1.57 bits per heavy atom. The van der Waals surface area contributed by atoms with Gasteiger partial charge in [0.05, 0.1) is 23.3 Å². The summed E-state index contributed by atoms with van der Waals surface area (Å²) in [5.41, 5.74) is 6.84. The van der Waals surface area contributed by atoms with Gasteiger partial charge in [-0.05, 0) is 6.07 Å². The van der Waals surface area contributed by atoms with Gasteiger partial charge in [0.1, 0.15) is 9.84 Å². The molecule has 5 nitrogen and oxygen atoms in total. The van der Waals surface area contributed by atoms with Crippen LogP contribution in [0.4, 0.5) is 11.4 Å². The summed E-state index contributed by atoms with van der Waals surface area (Å²) >= 11 is 0. The molecule has 0 aliphatic carbocycles. The van der Waals surface area contributed by atoms with E-state index in [2.05, 4.69) is 10.3 Å². The highest BCUT2D eigenvalue weighted by molar-refractivity contribution is 7.90. The zero-order valence-electron chi connectivity index (χ0n) is 7.90. The number of aromatic nitrogens is 1. The minimum atomic E-state index is -2.93. The third-order valence-corrected chi connectivity index (χ3v) is 2.59. The number of hydrogen-bond acceptors (Lipinski definition) is 5. The molecule has 6 heteroatoms. The summed E-state index contributed by atoms with van der Waals surface area (Å²) in [5.74, 6) is 0.0847. The summed E-state index contributed by atoms with van der Waals surface area (Å²) < 4.78 is 21.6. The Labute approximate surface area is 83.3 Å². The van der Waals surface area contributed by atoms with Gasteiger partial charge in [0.2, 0.25) is 0 Å². The molecule has 0 saturated heterocycles. The molecule has 1 aromatic rings. The number of nitrogens with zero attached hydrogens (tertiary/aromatic N) is 1. The third-order valence-electron chi connectivity index (χ3n) is 1.64. The Kier molecular flexibility index (Phi) is 3.29. The van der Waals surface area contributed by atoms with Crippen molar-refractivity contribution < 1.29 is 8.42 Å². The monoisotopic (exact) mass is 215 g/mol. The van der Waals surface area contributed by atoms with Crippen molar-refractivity contribution >= 4 is 21.2 Å². The third kappa shape index (κ3) is 3.61. The zero-order chi connectivity index (χ0) is 10.6. The smallest absolute Gasteiger partial charge is 0.149 e. The highest BCUT2D eigenvalue weighted by atomic mass is 32.2. The molecular weight excluding hydrogens is 202 g/mol. The average molecular weight is 215 g/mol. The highest BCUT2D eigenvalue weighted by Gasteiger charge is 2.02. The molecule has 0 unspecified atom stereocenters. The highest BCUT2D eigenvalue weighted by Crippen LogP contribution is 2.14. The largest absolute Gasteiger partial charge is 0.397 e. The van der Waals surface area contributed by atoms with Crippen molar-refractivity contribution in [2.75, 3.05) is 29.6 Å². The molecule has 0 aliphatic rings. The number of nitrogens with one attached hydrogen (secondary N) is 1. The van der Waals surface area contributed by atoms with Crippen molar-refractivity contribution in [3.63, 3.8) is 0 Å². The first-order valence-corrected chi connectivity index (χ1v) is 6.16. The van der Waals surface area contributed by atoms with Gasteiger partial charge in [-0.25, -0.2) is 8.42 Å². The number of sulfone groups is 1. The van der Waals surface area contributed by atoms with E-state index < -0.39 is 9.84 Å². The number of nitrogen functional groups attached to an aromatic ring is 1. The van der Waals surface area contributed by atoms with Crippen LogP contribution in [0.5, 0.6) is 0 Å². The van der Waals surface area contributed by atoms with Crippen LogP contribution in [0, 0.1) is 0 Å². The predicted octanol–water partition coefficient (Wildman–Crippen LogP) is 0.120. The lowest BCUT2D eigenvalue weighted by Crippen LogP contribution is -2.14. The Morgan fingerprint density at radius 3 is 2.86 bits per heavy atom. The molecule has 78 valence electrons. The second-order valence-corrected chi connectivity index (χ2v) is 5.28. The number of hydrogen-bond donors (Lipinski definition) is 2. The molecule has 1 heterocycles. The molecule has 0 fully saturated rings. The van der Waals surface area contributed by atoms with E-state index in [-0.39, 0.29) is 5.75 Å². The second kappa shape index (κ2) is 4.28. The Bertz CT molecular complexity index is 403. The van der Waals surface area contributed by atoms with Gasteiger partial charge >= 0.3 is 0 Å². The van der Waals surface area contributed by atoms with E-state index in [0.29, 0.717) is 17.9 Å². The number of pyridine rings is 1. The zero-order valence-corrected chi connectivity index (χ0v) is 8.71. The van der Waals surface area contributed by atoms with Crippen LogP contribution in [0.3, 0.4) is 0 Å². The van der Waals surface area contributed by atoms with Crippen molar-refractivity contribution in [2.24, 2.45) is 0 Å². The fraction of sp³-hybridized carbons (Fsp3) is 0.375. The minimum absolute atomic E-state index is 0.0847. The summed E-state index contributed by atoms with van der Waals surface area (Å²) in [6.45, 7) is 0.342. The number of nitrogens with two attached hydrogens (primary N) is 1. The molecule has 0 amide bonds. The van der Waals surface area contributed by atoms with Gasteiger partial charge < -0.3 is 11.1 Å². The first kappa shape index (κ1) is 10.8. The van der Waals surface area contributed by atoms with Crippen molar-refractivity contribution in [1.82, 2.24) is 4.98 Å². The molecule has 0 spiro atoms. The van der Waals surface area contributed by atoms with Crippen LogP contribution in [0.1, 0.15) is 0 Å². The molecule has 1 rings (SSSR count). The van der Waals surface area contributed by atoms with E-state index in [1.54, 1.807) is 18.5 Å². The van der Waals surface area contributed by atoms with E-state index >= 15 is 0 Å². The van der Waals surface area contributed by atoms with Crippen molar-refractivity contribution in [3.05, 3.63) is 18.5 Å². The molecule has 0 radical (unpaired) electrons. The fourth-order valence-electron chi connectivity index (χ4n) is 0.924. The van der Waals surface area contributed by atoms with Crippen LogP contribution < -0.4 is 11.1 Å². The Hall–Kier alpha value is -1.30. The minimum Gasteiger partial charge on any atom is -0.397 e. The van der Waals surface area contributed by atoms with Gasteiger partial charge in [-0.3, -0.25) is 4.98 Å². The van der Waals surface area contributed by atoms with E-state index in [0.717, 1.165) is 0 Å². The first-order valence-electron chi connectivity index (χ1n) is 4.10. The summed E-state index contributed by atoms with van der Waals surface area (Å²) in [7, 11) is -2.93. The van der Waals surface area contributed by atoms with Gasteiger partial charge in [-0.1, -0.05) is 0 Å². The quantitative estimate of drug-likeness (QED) is 0.745. The SMILES string of the molecule is CS(=O)(=O)CCNc1cnccc1N. The number of rotatable bonds is 4. The Morgan fingerprint density at radius 2 is 2.29 bits per heavy atom. The molecule has 0 atom stereocenters. The molecule has 0 aromatic carbocycles. The van der Waals surface area contributed by atoms with E-state index in [1.165, 1.54) is 6.26 Å². The molecule has 0 bridgehead atoms. The standard InChI is InChI=1S/C8H13N3O2S/c1-14(12,13)5-4-11-8-6-10-3-2-7(8)9/h2-3,6,11H,4-5H2,1H3,(H2,9,10). The fourth-order valence-corrected chi connectivity index (χ4v) is 1.40. The molecule has 14 heavy (non-hydrogen) atoms. The van der Waals surface area contributed by atoms with Gasteiger partial charge in [-0.2, -0.15) is 0 Å². The van der Waals surface area contributed by atoms with E-state index in [9.17, 15) is 8.42 Å². The van der Waals surface area contributed by atoms with Gasteiger partial charge in [0.25, 0.3) is 0 Å². The lowest BCUT2D eigenvalue weighted by Gasteiger charge is -2.06. The summed E-state index contributed by atoms with van der Waals surface area (Å²) in [6, 6.07) is 1.66. The first-order chi connectivity index (χ1) is 6.49. The predicted molar refractivity (Wildman–Crippen MR) is 56.8 cm³/mol. The van der Waals surface area contributed by atoms with Crippen molar-refractivity contribution in [1.29, 1.82) is 0 Å². The maximum absolute atomic E-state index is 10.8. The lowest BCUT2D eigenvalue weighted by atomic mass is 10.3. The molecule has 0 saturated carbocycles. The van der Waals surface area contributed by atoms with Crippen LogP contribution in [0.15, 0.2) is 18.5 Å². The molecule has 3 N–H and O–H groups in total. The molecular formula is C8H13N3O2S. The summed E-state index contributed by atoms with van der Waals surface area (Å²) in [6.07, 6.45) is 4.34. The van der Waals surface area contributed by atoms with Gasteiger partial charge in [-0.15, -0.1) is 0 Å². The maximum Gasteiger partial charge on any atom is 0.149 e. The summed E-state index contributed by atoms with van der Waals surface area (Å²) in [5, 5.41) is 2.90. The van der Waals surface area contributed by atoms with Crippen molar-refractivity contribution in [3.8, 4) is 0 Å². The van der Waals surface area contributed by atoms with Crippen LogP contribution >= 0.6 is 0 Å². The van der Waals surface area contributed by atoms with Crippen LogP contribution in [0.25, 0.3) is 0 Å². The molecule has 1 aromatic heterocycles. The maximum atomic E-state index is 10.8.